The first-order valence-electron chi connectivity index (χ1n) is 5.79. The van der Waals surface area contributed by atoms with Gasteiger partial charge >= 0.3 is 0 Å². The van der Waals surface area contributed by atoms with Crippen molar-refractivity contribution in [3.8, 4) is 0 Å². The highest BCUT2D eigenvalue weighted by Crippen LogP contribution is 2.23. The van der Waals surface area contributed by atoms with Crippen LogP contribution in [0.2, 0.25) is 0 Å². The van der Waals surface area contributed by atoms with Crippen LogP contribution < -0.4 is 0 Å². The largest absolute Gasteiger partial charge is 0.289 e. The Morgan fingerprint density at radius 3 is 2.50 bits per heavy atom. The van der Waals surface area contributed by atoms with Crippen LogP contribution in [0.3, 0.4) is 0 Å². The number of hydrogen-bond donors (Lipinski definition) is 0. The van der Waals surface area contributed by atoms with Gasteiger partial charge in [-0.1, -0.05) is 46.3 Å². The normalized spacial score (nSPS) is 10.7. The summed E-state index contributed by atoms with van der Waals surface area (Å²) >= 11 is 3.30. The molecule has 20 heavy (non-hydrogen) atoms. The van der Waals surface area contributed by atoms with E-state index in [-0.39, 0.29) is 11.5 Å². The molecule has 0 amide bonds. The number of rotatable bonds is 4. The molecule has 0 atom stereocenters. The molecule has 0 saturated heterocycles. The standard InChI is InChI=1S/C15H10BrNO3/c16-14-8-7-13(17(19)20)10-12(14)6-9-15(18)11-4-2-1-3-5-11/h1-10H/b9-6+. The van der Waals surface area contributed by atoms with Gasteiger partial charge < -0.3 is 0 Å². The SMILES string of the molecule is O=C(/C=C/c1cc([N+](=O)[O-])ccc1Br)c1ccccc1. The zero-order valence-corrected chi connectivity index (χ0v) is 11.9. The van der Waals surface area contributed by atoms with E-state index in [1.54, 1.807) is 36.4 Å². The van der Waals surface area contributed by atoms with Gasteiger partial charge in [0, 0.05) is 22.2 Å². The van der Waals surface area contributed by atoms with E-state index >= 15 is 0 Å². The zero-order valence-electron chi connectivity index (χ0n) is 10.3. The van der Waals surface area contributed by atoms with E-state index in [2.05, 4.69) is 15.9 Å². The molecule has 0 bridgehead atoms. The average Bonchev–Trinajstić information content (AvgIpc) is 2.46. The van der Waals surface area contributed by atoms with Gasteiger partial charge in [-0.15, -0.1) is 0 Å². The third kappa shape index (κ3) is 3.39. The van der Waals surface area contributed by atoms with Crippen molar-refractivity contribution in [1.29, 1.82) is 0 Å². The Hall–Kier alpha value is -2.27. The summed E-state index contributed by atoms with van der Waals surface area (Å²) in [5.74, 6) is -0.149. The monoisotopic (exact) mass is 331 g/mol. The maximum absolute atomic E-state index is 11.9. The molecule has 2 rings (SSSR count). The fourth-order valence-corrected chi connectivity index (χ4v) is 2.02. The van der Waals surface area contributed by atoms with E-state index in [0.29, 0.717) is 15.6 Å². The Balaban J connectivity index is 2.25. The Bertz CT molecular complexity index is 681. The molecule has 2 aromatic carbocycles. The van der Waals surface area contributed by atoms with Gasteiger partial charge in [-0.05, 0) is 23.8 Å². The molecule has 0 saturated carbocycles. The first kappa shape index (κ1) is 14.1. The lowest BCUT2D eigenvalue weighted by atomic mass is 10.1. The molecule has 0 N–H and O–H groups in total. The fourth-order valence-electron chi connectivity index (χ4n) is 1.64. The minimum absolute atomic E-state index is 0.0139. The van der Waals surface area contributed by atoms with Crippen LogP contribution >= 0.6 is 15.9 Å². The number of non-ortho nitro benzene ring substituents is 1. The number of allylic oxidation sites excluding steroid dienone is 1. The second kappa shape index (κ2) is 6.25. The molecule has 0 unspecified atom stereocenters. The summed E-state index contributed by atoms with van der Waals surface area (Å²) in [5, 5.41) is 10.7. The highest BCUT2D eigenvalue weighted by atomic mass is 79.9. The van der Waals surface area contributed by atoms with Crippen molar-refractivity contribution in [2.75, 3.05) is 0 Å². The molecule has 0 aliphatic rings. The lowest BCUT2D eigenvalue weighted by Crippen LogP contribution is -1.93. The summed E-state index contributed by atoms with van der Waals surface area (Å²) in [6.07, 6.45) is 2.96. The van der Waals surface area contributed by atoms with Crippen molar-refractivity contribution < 1.29 is 9.72 Å². The average molecular weight is 332 g/mol. The van der Waals surface area contributed by atoms with E-state index in [1.807, 2.05) is 6.07 Å². The maximum Gasteiger partial charge on any atom is 0.270 e. The molecule has 0 aliphatic heterocycles. The summed E-state index contributed by atoms with van der Waals surface area (Å²) in [4.78, 5) is 22.2. The summed E-state index contributed by atoms with van der Waals surface area (Å²) in [5.41, 5.74) is 1.15. The van der Waals surface area contributed by atoms with Crippen LogP contribution in [0, 0.1) is 10.1 Å². The molecule has 5 heteroatoms. The molecule has 0 heterocycles. The van der Waals surface area contributed by atoms with E-state index < -0.39 is 4.92 Å². The Morgan fingerprint density at radius 1 is 1.15 bits per heavy atom. The van der Waals surface area contributed by atoms with E-state index in [4.69, 9.17) is 0 Å². The Kier molecular flexibility index (Phi) is 4.42. The van der Waals surface area contributed by atoms with Crippen molar-refractivity contribution in [2.24, 2.45) is 0 Å². The van der Waals surface area contributed by atoms with Gasteiger partial charge in [0.2, 0.25) is 0 Å². The lowest BCUT2D eigenvalue weighted by molar-refractivity contribution is -0.384. The third-order valence-corrected chi connectivity index (χ3v) is 3.39. The predicted octanol–water partition coefficient (Wildman–Crippen LogP) is 4.25. The quantitative estimate of drug-likeness (QED) is 0.364. The lowest BCUT2D eigenvalue weighted by Gasteiger charge is -1.99. The minimum Gasteiger partial charge on any atom is -0.289 e. The van der Waals surface area contributed by atoms with Gasteiger partial charge in [0.15, 0.2) is 5.78 Å². The Morgan fingerprint density at radius 2 is 1.85 bits per heavy atom. The van der Waals surface area contributed by atoms with E-state index in [1.165, 1.54) is 18.2 Å². The highest BCUT2D eigenvalue weighted by Gasteiger charge is 2.08. The number of benzene rings is 2. The second-order valence-electron chi connectivity index (χ2n) is 4.03. The number of nitro benzene ring substituents is 1. The van der Waals surface area contributed by atoms with E-state index in [0.717, 1.165) is 0 Å². The molecule has 0 aromatic heterocycles. The number of halogens is 1. The zero-order chi connectivity index (χ0) is 14.5. The van der Waals surface area contributed by atoms with Crippen LogP contribution in [-0.4, -0.2) is 10.7 Å². The predicted molar refractivity (Wildman–Crippen MR) is 80.6 cm³/mol. The van der Waals surface area contributed by atoms with Gasteiger partial charge in [0.25, 0.3) is 5.69 Å². The second-order valence-corrected chi connectivity index (χ2v) is 4.88. The van der Waals surface area contributed by atoms with Gasteiger partial charge in [-0.2, -0.15) is 0 Å². The molecule has 100 valence electrons. The van der Waals surface area contributed by atoms with Crippen LogP contribution in [0.25, 0.3) is 6.08 Å². The van der Waals surface area contributed by atoms with Crippen LogP contribution in [0.15, 0.2) is 59.1 Å². The smallest absolute Gasteiger partial charge is 0.270 e. The van der Waals surface area contributed by atoms with Gasteiger partial charge in [-0.25, -0.2) is 0 Å². The molecular weight excluding hydrogens is 322 g/mol. The molecular formula is C15H10BrNO3. The number of carbonyl (C=O) groups is 1. The van der Waals surface area contributed by atoms with E-state index in [9.17, 15) is 14.9 Å². The van der Waals surface area contributed by atoms with Crippen LogP contribution in [0.1, 0.15) is 15.9 Å². The van der Waals surface area contributed by atoms with Crippen molar-refractivity contribution in [3.05, 3.63) is 80.3 Å². The molecule has 2 aromatic rings. The maximum atomic E-state index is 11.9. The number of nitro groups is 1. The van der Waals surface area contributed by atoms with Gasteiger partial charge in [-0.3, -0.25) is 14.9 Å². The van der Waals surface area contributed by atoms with Crippen molar-refractivity contribution in [1.82, 2.24) is 0 Å². The first-order valence-corrected chi connectivity index (χ1v) is 6.58. The number of hydrogen-bond acceptors (Lipinski definition) is 3. The molecule has 0 radical (unpaired) electrons. The number of ketones is 1. The molecule has 0 aliphatic carbocycles. The van der Waals surface area contributed by atoms with Crippen LogP contribution in [-0.2, 0) is 0 Å². The summed E-state index contributed by atoms with van der Waals surface area (Å²) < 4.78 is 0.695. The number of carbonyl (C=O) groups excluding carboxylic acids is 1. The fraction of sp³-hybridized carbons (Fsp3) is 0. The van der Waals surface area contributed by atoms with Crippen molar-refractivity contribution >= 4 is 33.5 Å². The highest BCUT2D eigenvalue weighted by molar-refractivity contribution is 9.10. The van der Waals surface area contributed by atoms with Crippen molar-refractivity contribution in [2.45, 2.75) is 0 Å². The molecule has 0 spiro atoms. The third-order valence-electron chi connectivity index (χ3n) is 2.66. The summed E-state index contributed by atoms with van der Waals surface area (Å²) in [6.45, 7) is 0. The summed E-state index contributed by atoms with van der Waals surface area (Å²) in [6, 6.07) is 13.2. The van der Waals surface area contributed by atoms with Gasteiger partial charge in [0.05, 0.1) is 4.92 Å². The molecule has 0 fully saturated rings. The number of nitrogens with zero attached hydrogens (tertiary/aromatic N) is 1. The van der Waals surface area contributed by atoms with Crippen molar-refractivity contribution in [3.63, 3.8) is 0 Å². The van der Waals surface area contributed by atoms with Crippen LogP contribution in [0.4, 0.5) is 5.69 Å². The first-order chi connectivity index (χ1) is 9.58. The Labute approximate surface area is 124 Å². The topological polar surface area (TPSA) is 60.2 Å². The summed E-state index contributed by atoms with van der Waals surface area (Å²) in [7, 11) is 0. The minimum atomic E-state index is -0.469. The van der Waals surface area contributed by atoms with Gasteiger partial charge in [0.1, 0.15) is 0 Å². The van der Waals surface area contributed by atoms with Crippen LogP contribution in [0.5, 0.6) is 0 Å². The molecule has 4 nitrogen and oxygen atoms in total.